The van der Waals surface area contributed by atoms with E-state index in [9.17, 15) is 5.11 Å². The zero-order valence-corrected chi connectivity index (χ0v) is 8.79. The fourth-order valence-electron chi connectivity index (χ4n) is 1.44. The first-order valence-electron chi connectivity index (χ1n) is 4.46. The van der Waals surface area contributed by atoms with E-state index in [4.69, 9.17) is 0 Å². The molecule has 1 aliphatic rings. The number of anilines is 1. The van der Waals surface area contributed by atoms with Gasteiger partial charge in [0, 0.05) is 10.2 Å². The Labute approximate surface area is 86.1 Å². The number of hydrogen-bond donors (Lipinski definition) is 2. The van der Waals surface area contributed by atoms with Gasteiger partial charge in [-0.15, -0.1) is 0 Å². The molecule has 2 atom stereocenters. The molecule has 13 heavy (non-hydrogen) atoms. The van der Waals surface area contributed by atoms with Crippen molar-refractivity contribution < 1.29 is 5.11 Å². The Morgan fingerprint density at radius 1 is 1.38 bits per heavy atom. The Hall–Kier alpha value is -0.540. The second-order valence-electron chi connectivity index (χ2n) is 3.41. The first-order chi connectivity index (χ1) is 6.25. The molecule has 0 aliphatic heterocycles. The summed E-state index contributed by atoms with van der Waals surface area (Å²) >= 11 is 3.40. The summed E-state index contributed by atoms with van der Waals surface area (Å²) in [4.78, 5) is 0. The summed E-state index contributed by atoms with van der Waals surface area (Å²) in [7, 11) is 0. The monoisotopic (exact) mass is 241 g/mol. The fraction of sp³-hybridized carbons (Fsp3) is 0.400. The molecule has 0 radical (unpaired) electrons. The van der Waals surface area contributed by atoms with E-state index in [-0.39, 0.29) is 12.1 Å². The largest absolute Gasteiger partial charge is 0.391 e. The van der Waals surface area contributed by atoms with Crippen molar-refractivity contribution in [1.82, 2.24) is 0 Å². The minimum absolute atomic E-state index is 0.168. The van der Waals surface area contributed by atoms with Crippen molar-refractivity contribution in [2.75, 3.05) is 5.32 Å². The summed E-state index contributed by atoms with van der Waals surface area (Å²) in [6.07, 6.45) is 1.82. The topological polar surface area (TPSA) is 32.3 Å². The molecule has 1 saturated carbocycles. The summed E-state index contributed by atoms with van der Waals surface area (Å²) in [5, 5.41) is 12.7. The van der Waals surface area contributed by atoms with Gasteiger partial charge < -0.3 is 10.4 Å². The van der Waals surface area contributed by atoms with E-state index in [2.05, 4.69) is 21.2 Å². The Kier molecular flexibility index (Phi) is 2.56. The average molecular weight is 242 g/mol. The van der Waals surface area contributed by atoms with Crippen molar-refractivity contribution in [3.63, 3.8) is 0 Å². The molecule has 2 N–H and O–H groups in total. The predicted octanol–water partition coefficient (Wildman–Crippen LogP) is 2.38. The number of rotatable bonds is 2. The van der Waals surface area contributed by atoms with Gasteiger partial charge in [0.2, 0.25) is 0 Å². The Morgan fingerprint density at radius 2 is 2.23 bits per heavy atom. The standard InChI is InChI=1S/C10H12BrNO/c11-7-2-1-3-8(6-7)12-9-4-5-10(9)13/h1-3,6,9-10,12-13H,4-5H2/t9-,10-/m0/s1. The number of aliphatic hydroxyl groups excluding tert-OH is 1. The van der Waals surface area contributed by atoms with Gasteiger partial charge in [0.15, 0.2) is 0 Å². The maximum Gasteiger partial charge on any atom is 0.0741 e. The molecular weight excluding hydrogens is 230 g/mol. The lowest BCUT2D eigenvalue weighted by Crippen LogP contribution is -2.42. The highest BCUT2D eigenvalue weighted by molar-refractivity contribution is 9.10. The van der Waals surface area contributed by atoms with Gasteiger partial charge in [-0.3, -0.25) is 0 Å². The van der Waals surface area contributed by atoms with Crippen LogP contribution in [0.5, 0.6) is 0 Å². The van der Waals surface area contributed by atoms with E-state index >= 15 is 0 Å². The van der Waals surface area contributed by atoms with Crippen molar-refractivity contribution in [2.45, 2.75) is 25.0 Å². The SMILES string of the molecule is O[C@H]1CC[C@@H]1Nc1cccc(Br)c1. The molecule has 0 amide bonds. The zero-order chi connectivity index (χ0) is 9.26. The van der Waals surface area contributed by atoms with Crippen LogP contribution in [0.1, 0.15) is 12.8 Å². The smallest absolute Gasteiger partial charge is 0.0741 e. The minimum atomic E-state index is -0.168. The Bertz CT molecular complexity index is 303. The molecule has 70 valence electrons. The van der Waals surface area contributed by atoms with Crippen LogP contribution in [0.2, 0.25) is 0 Å². The molecule has 1 aromatic rings. The zero-order valence-electron chi connectivity index (χ0n) is 7.20. The van der Waals surface area contributed by atoms with Crippen LogP contribution < -0.4 is 5.32 Å². The highest BCUT2D eigenvalue weighted by Crippen LogP contribution is 2.25. The fourth-order valence-corrected chi connectivity index (χ4v) is 1.84. The van der Waals surface area contributed by atoms with Gasteiger partial charge in [-0.2, -0.15) is 0 Å². The lowest BCUT2D eigenvalue weighted by Gasteiger charge is -2.33. The minimum Gasteiger partial charge on any atom is -0.391 e. The molecule has 0 unspecified atom stereocenters. The van der Waals surface area contributed by atoms with Gasteiger partial charge in [-0.25, -0.2) is 0 Å². The summed E-state index contributed by atoms with van der Waals surface area (Å²) in [6.45, 7) is 0. The van der Waals surface area contributed by atoms with Gasteiger partial charge in [0.05, 0.1) is 12.1 Å². The van der Waals surface area contributed by atoms with Crippen molar-refractivity contribution in [1.29, 1.82) is 0 Å². The highest BCUT2D eigenvalue weighted by Gasteiger charge is 2.28. The summed E-state index contributed by atoms with van der Waals surface area (Å²) < 4.78 is 1.06. The average Bonchev–Trinajstić information content (AvgIpc) is 2.12. The van der Waals surface area contributed by atoms with Crippen LogP contribution in [0, 0.1) is 0 Å². The number of aliphatic hydroxyl groups is 1. The highest BCUT2D eigenvalue weighted by atomic mass is 79.9. The van der Waals surface area contributed by atoms with E-state index in [0.717, 1.165) is 23.0 Å². The van der Waals surface area contributed by atoms with Gasteiger partial charge >= 0.3 is 0 Å². The molecule has 2 rings (SSSR count). The molecule has 0 saturated heterocycles. The first kappa shape index (κ1) is 9.03. The van der Waals surface area contributed by atoms with Crippen molar-refractivity contribution in [3.05, 3.63) is 28.7 Å². The van der Waals surface area contributed by atoms with Crippen LogP contribution in [0.15, 0.2) is 28.7 Å². The molecule has 1 aliphatic carbocycles. The lowest BCUT2D eigenvalue weighted by molar-refractivity contribution is 0.0786. The van der Waals surface area contributed by atoms with E-state index in [1.807, 2.05) is 24.3 Å². The van der Waals surface area contributed by atoms with Crippen molar-refractivity contribution >= 4 is 21.6 Å². The van der Waals surface area contributed by atoms with Crippen molar-refractivity contribution in [3.8, 4) is 0 Å². The number of nitrogens with one attached hydrogen (secondary N) is 1. The van der Waals surface area contributed by atoms with Crippen LogP contribution in [-0.2, 0) is 0 Å². The maximum absolute atomic E-state index is 9.36. The van der Waals surface area contributed by atoms with Gasteiger partial charge in [0.25, 0.3) is 0 Å². The maximum atomic E-state index is 9.36. The molecule has 1 aromatic carbocycles. The first-order valence-corrected chi connectivity index (χ1v) is 5.25. The number of benzene rings is 1. The van der Waals surface area contributed by atoms with Crippen LogP contribution in [0.25, 0.3) is 0 Å². The second-order valence-corrected chi connectivity index (χ2v) is 4.32. The molecule has 2 nitrogen and oxygen atoms in total. The molecule has 0 heterocycles. The number of hydrogen-bond acceptors (Lipinski definition) is 2. The predicted molar refractivity (Wildman–Crippen MR) is 56.8 cm³/mol. The summed E-state index contributed by atoms with van der Waals surface area (Å²) in [5.74, 6) is 0. The molecule has 1 fully saturated rings. The normalized spacial score (nSPS) is 26.6. The molecule has 0 spiro atoms. The summed E-state index contributed by atoms with van der Waals surface area (Å²) in [5.41, 5.74) is 1.07. The van der Waals surface area contributed by atoms with Crippen LogP contribution in [0.3, 0.4) is 0 Å². The molecule has 3 heteroatoms. The quantitative estimate of drug-likeness (QED) is 0.834. The Balaban J connectivity index is 2.01. The van der Waals surface area contributed by atoms with Gasteiger partial charge in [-0.1, -0.05) is 22.0 Å². The van der Waals surface area contributed by atoms with Crippen LogP contribution >= 0.6 is 15.9 Å². The van der Waals surface area contributed by atoms with E-state index < -0.39 is 0 Å². The van der Waals surface area contributed by atoms with Gasteiger partial charge in [0.1, 0.15) is 0 Å². The third-order valence-electron chi connectivity index (χ3n) is 2.41. The third kappa shape index (κ3) is 2.03. The lowest BCUT2D eigenvalue weighted by atomic mass is 9.89. The number of halogens is 1. The third-order valence-corrected chi connectivity index (χ3v) is 2.91. The molecule has 0 aromatic heterocycles. The molecular formula is C10H12BrNO. The second kappa shape index (κ2) is 3.68. The van der Waals surface area contributed by atoms with E-state index in [1.165, 1.54) is 0 Å². The van der Waals surface area contributed by atoms with Crippen LogP contribution in [0.4, 0.5) is 5.69 Å². The van der Waals surface area contributed by atoms with E-state index in [1.54, 1.807) is 0 Å². The van der Waals surface area contributed by atoms with Crippen LogP contribution in [-0.4, -0.2) is 17.3 Å². The molecule has 0 bridgehead atoms. The Morgan fingerprint density at radius 3 is 2.77 bits per heavy atom. The van der Waals surface area contributed by atoms with Gasteiger partial charge in [-0.05, 0) is 31.0 Å². The van der Waals surface area contributed by atoms with E-state index in [0.29, 0.717) is 0 Å². The summed E-state index contributed by atoms with van der Waals surface area (Å²) in [6, 6.07) is 8.25. The van der Waals surface area contributed by atoms with Crippen molar-refractivity contribution in [2.24, 2.45) is 0 Å².